The molecule has 2 rings (SSSR count). The van der Waals surface area contributed by atoms with Crippen molar-refractivity contribution in [1.29, 1.82) is 0 Å². The number of carboxylic acids is 1. The number of ether oxygens (including phenoxy) is 1. The summed E-state index contributed by atoms with van der Waals surface area (Å²) in [6, 6.07) is 4.70. The van der Waals surface area contributed by atoms with Gasteiger partial charge in [0.05, 0.1) is 7.11 Å². The van der Waals surface area contributed by atoms with Crippen LogP contribution in [0.5, 0.6) is 5.75 Å². The Labute approximate surface area is 124 Å². The Hall–Kier alpha value is -1.62. The van der Waals surface area contributed by atoms with E-state index in [0.717, 1.165) is 19.4 Å². The molecule has 0 radical (unpaired) electrons. The molecular weight excluding hydrogens is 273 g/mol. The number of rotatable bonds is 5. The average Bonchev–Trinajstić information content (AvgIpc) is 2.45. The third-order valence-electron chi connectivity index (χ3n) is 4.21. The zero-order chi connectivity index (χ0) is 15.4. The molecule has 1 saturated heterocycles. The van der Waals surface area contributed by atoms with Gasteiger partial charge >= 0.3 is 5.97 Å². The van der Waals surface area contributed by atoms with E-state index in [1.807, 2.05) is 6.92 Å². The number of piperidine rings is 1. The van der Waals surface area contributed by atoms with Crippen LogP contribution >= 0.6 is 0 Å². The lowest BCUT2D eigenvalue weighted by Gasteiger charge is -2.37. The molecule has 1 aliphatic rings. The fourth-order valence-electron chi connectivity index (χ4n) is 3.15. The number of halogens is 1. The van der Waals surface area contributed by atoms with Gasteiger partial charge in [0, 0.05) is 24.6 Å². The maximum Gasteiger partial charge on any atom is 0.303 e. The number of nitrogens with zero attached hydrogens (tertiary/aromatic N) is 1. The van der Waals surface area contributed by atoms with Crippen molar-refractivity contribution in [1.82, 2.24) is 4.90 Å². The summed E-state index contributed by atoms with van der Waals surface area (Å²) in [6.07, 6.45) is 2.04. The number of methoxy groups -OCH3 is 1. The molecule has 0 amide bonds. The number of aliphatic carboxylic acids is 1. The van der Waals surface area contributed by atoms with Crippen LogP contribution in [0.15, 0.2) is 18.2 Å². The van der Waals surface area contributed by atoms with E-state index in [-0.39, 0.29) is 24.2 Å². The molecule has 0 saturated carbocycles. The van der Waals surface area contributed by atoms with E-state index in [1.165, 1.54) is 13.2 Å². The Bertz CT molecular complexity index is 506. The van der Waals surface area contributed by atoms with Crippen LogP contribution in [0.4, 0.5) is 4.39 Å². The average molecular weight is 295 g/mol. The highest BCUT2D eigenvalue weighted by Crippen LogP contribution is 2.34. The second kappa shape index (κ2) is 6.89. The van der Waals surface area contributed by atoms with Crippen LogP contribution in [-0.2, 0) is 4.79 Å². The summed E-state index contributed by atoms with van der Waals surface area (Å²) >= 11 is 0. The van der Waals surface area contributed by atoms with E-state index in [9.17, 15) is 9.18 Å². The summed E-state index contributed by atoms with van der Waals surface area (Å²) in [7, 11) is 1.54. The lowest BCUT2D eigenvalue weighted by molar-refractivity contribution is -0.138. The van der Waals surface area contributed by atoms with Gasteiger partial charge in [-0.3, -0.25) is 9.69 Å². The van der Waals surface area contributed by atoms with Gasteiger partial charge in [-0.05, 0) is 44.4 Å². The molecule has 21 heavy (non-hydrogen) atoms. The van der Waals surface area contributed by atoms with Crippen LogP contribution in [-0.4, -0.2) is 36.2 Å². The summed E-state index contributed by atoms with van der Waals surface area (Å²) in [4.78, 5) is 13.0. The number of benzene rings is 1. The van der Waals surface area contributed by atoms with Crippen LogP contribution in [0, 0.1) is 11.7 Å². The van der Waals surface area contributed by atoms with Crippen molar-refractivity contribution in [3.05, 3.63) is 29.6 Å². The maximum atomic E-state index is 14.1. The van der Waals surface area contributed by atoms with Crippen molar-refractivity contribution in [2.45, 2.75) is 32.2 Å². The highest BCUT2D eigenvalue weighted by molar-refractivity contribution is 5.67. The highest BCUT2D eigenvalue weighted by Gasteiger charge is 2.28. The van der Waals surface area contributed by atoms with E-state index in [2.05, 4.69) is 4.90 Å². The topological polar surface area (TPSA) is 49.8 Å². The fourth-order valence-corrected chi connectivity index (χ4v) is 3.15. The minimum absolute atomic E-state index is 0.127. The van der Waals surface area contributed by atoms with E-state index >= 15 is 0 Å². The van der Waals surface area contributed by atoms with Gasteiger partial charge in [-0.15, -0.1) is 0 Å². The third kappa shape index (κ3) is 3.73. The van der Waals surface area contributed by atoms with Crippen molar-refractivity contribution in [3.8, 4) is 5.75 Å². The molecule has 1 aliphatic heterocycles. The highest BCUT2D eigenvalue weighted by atomic mass is 19.1. The first-order valence-corrected chi connectivity index (χ1v) is 7.31. The minimum Gasteiger partial charge on any atom is -0.496 e. The Balaban J connectivity index is 2.16. The van der Waals surface area contributed by atoms with Crippen molar-refractivity contribution in [2.24, 2.45) is 5.92 Å². The third-order valence-corrected chi connectivity index (χ3v) is 4.21. The van der Waals surface area contributed by atoms with Crippen molar-refractivity contribution in [3.63, 3.8) is 0 Å². The van der Waals surface area contributed by atoms with Crippen LogP contribution < -0.4 is 4.74 Å². The summed E-state index contributed by atoms with van der Waals surface area (Å²) in [5.74, 6) is -0.362. The largest absolute Gasteiger partial charge is 0.496 e. The van der Waals surface area contributed by atoms with E-state index < -0.39 is 5.97 Å². The zero-order valence-corrected chi connectivity index (χ0v) is 12.5. The normalized spacial score (nSPS) is 21.0. The SMILES string of the molecule is COc1cccc(F)c1C(C)N1CCCC(CC(=O)O)C1. The Kier molecular flexibility index (Phi) is 5.17. The van der Waals surface area contributed by atoms with Gasteiger partial charge in [0.1, 0.15) is 11.6 Å². The van der Waals surface area contributed by atoms with Gasteiger partial charge in [-0.1, -0.05) is 6.07 Å². The van der Waals surface area contributed by atoms with E-state index in [1.54, 1.807) is 12.1 Å². The van der Waals surface area contributed by atoms with Gasteiger partial charge < -0.3 is 9.84 Å². The van der Waals surface area contributed by atoms with Crippen molar-refractivity contribution >= 4 is 5.97 Å². The summed E-state index contributed by atoms with van der Waals surface area (Å²) in [6.45, 7) is 3.49. The minimum atomic E-state index is -0.766. The van der Waals surface area contributed by atoms with Gasteiger partial charge in [0.25, 0.3) is 0 Å². The number of hydrogen-bond acceptors (Lipinski definition) is 3. The molecule has 1 N–H and O–H groups in total. The Morgan fingerprint density at radius 1 is 1.57 bits per heavy atom. The van der Waals surface area contributed by atoms with Gasteiger partial charge in [-0.2, -0.15) is 0 Å². The molecule has 2 atom stereocenters. The molecule has 116 valence electrons. The van der Waals surface area contributed by atoms with Crippen LogP contribution in [0.3, 0.4) is 0 Å². The number of hydrogen-bond donors (Lipinski definition) is 1. The fraction of sp³-hybridized carbons (Fsp3) is 0.562. The number of carboxylic acid groups (broad SMARTS) is 1. The van der Waals surface area contributed by atoms with Crippen LogP contribution in [0.2, 0.25) is 0 Å². The molecule has 0 spiro atoms. The molecular formula is C16H22FNO3. The molecule has 1 aromatic rings. The molecule has 0 aliphatic carbocycles. The number of carbonyl (C=O) groups is 1. The van der Waals surface area contributed by atoms with E-state index in [4.69, 9.17) is 9.84 Å². The lowest BCUT2D eigenvalue weighted by atomic mass is 9.92. The molecule has 0 bridgehead atoms. The first kappa shape index (κ1) is 15.8. The molecule has 1 aromatic carbocycles. The molecule has 5 heteroatoms. The monoisotopic (exact) mass is 295 g/mol. The molecule has 2 unspecified atom stereocenters. The van der Waals surface area contributed by atoms with Gasteiger partial charge in [0.15, 0.2) is 0 Å². The van der Waals surface area contributed by atoms with Crippen molar-refractivity contribution < 1.29 is 19.0 Å². The predicted octanol–water partition coefficient (Wildman–Crippen LogP) is 3.08. The molecule has 1 heterocycles. The summed E-state index contributed by atoms with van der Waals surface area (Å²) < 4.78 is 19.4. The first-order valence-electron chi connectivity index (χ1n) is 7.31. The quantitative estimate of drug-likeness (QED) is 0.907. The zero-order valence-electron chi connectivity index (χ0n) is 12.5. The standard InChI is InChI=1S/C16H22FNO3/c1-11(16-13(17)6-3-7-14(16)21-2)18-8-4-5-12(10-18)9-15(19)20/h3,6-7,11-12H,4-5,8-10H2,1-2H3,(H,19,20). The van der Waals surface area contributed by atoms with E-state index in [0.29, 0.717) is 17.9 Å². The van der Waals surface area contributed by atoms with Crippen LogP contribution in [0.1, 0.15) is 37.8 Å². The second-order valence-corrected chi connectivity index (χ2v) is 5.63. The Morgan fingerprint density at radius 2 is 2.33 bits per heavy atom. The van der Waals surface area contributed by atoms with Crippen LogP contribution in [0.25, 0.3) is 0 Å². The van der Waals surface area contributed by atoms with Gasteiger partial charge in [-0.25, -0.2) is 4.39 Å². The predicted molar refractivity (Wildman–Crippen MR) is 77.9 cm³/mol. The van der Waals surface area contributed by atoms with Gasteiger partial charge in [0.2, 0.25) is 0 Å². The lowest BCUT2D eigenvalue weighted by Crippen LogP contribution is -2.38. The summed E-state index contributed by atoms with van der Waals surface area (Å²) in [5.41, 5.74) is 0.552. The van der Waals surface area contributed by atoms with Crippen molar-refractivity contribution in [2.75, 3.05) is 20.2 Å². The smallest absolute Gasteiger partial charge is 0.303 e. The molecule has 1 fully saturated rings. The Morgan fingerprint density at radius 3 is 3.00 bits per heavy atom. The molecule has 0 aromatic heterocycles. The second-order valence-electron chi connectivity index (χ2n) is 5.63. The molecule has 4 nitrogen and oxygen atoms in total. The first-order chi connectivity index (χ1) is 10.0. The number of likely N-dealkylation sites (tertiary alicyclic amines) is 1. The maximum absolute atomic E-state index is 14.1. The summed E-state index contributed by atoms with van der Waals surface area (Å²) in [5, 5.41) is 8.94.